The maximum Gasteiger partial charge on any atom is 0.255 e. The third-order valence-corrected chi connectivity index (χ3v) is 6.28. The Morgan fingerprint density at radius 1 is 1.13 bits per heavy atom. The molecule has 31 heavy (non-hydrogen) atoms. The first kappa shape index (κ1) is 19.7. The molecule has 2 aliphatic rings. The van der Waals surface area contributed by atoms with Crippen molar-refractivity contribution in [1.82, 2.24) is 29.5 Å². The van der Waals surface area contributed by atoms with Crippen molar-refractivity contribution in [3.63, 3.8) is 0 Å². The lowest BCUT2D eigenvalue weighted by molar-refractivity contribution is 0.0594. The van der Waals surface area contributed by atoms with E-state index in [1.807, 2.05) is 58.8 Å². The zero-order valence-corrected chi connectivity index (χ0v) is 17.8. The second kappa shape index (κ2) is 7.77. The van der Waals surface area contributed by atoms with Gasteiger partial charge in [0.1, 0.15) is 6.33 Å². The van der Waals surface area contributed by atoms with Crippen molar-refractivity contribution in [2.75, 3.05) is 27.2 Å². The molecule has 8 heteroatoms. The van der Waals surface area contributed by atoms with E-state index in [0.29, 0.717) is 43.5 Å². The Labute approximate surface area is 180 Å². The number of piperidine rings is 1. The minimum atomic E-state index is 0.0406. The molecule has 160 valence electrons. The van der Waals surface area contributed by atoms with Crippen molar-refractivity contribution in [1.29, 1.82) is 0 Å². The summed E-state index contributed by atoms with van der Waals surface area (Å²) in [6, 6.07) is 11.5. The van der Waals surface area contributed by atoms with Crippen LogP contribution in [0, 0.1) is 5.92 Å². The van der Waals surface area contributed by atoms with E-state index in [0.717, 1.165) is 23.2 Å². The summed E-state index contributed by atoms with van der Waals surface area (Å²) in [5.41, 5.74) is 3.56. The summed E-state index contributed by atoms with van der Waals surface area (Å²) < 4.78 is 1.95. The van der Waals surface area contributed by atoms with E-state index in [9.17, 15) is 9.59 Å². The molecule has 2 aliphatic heterocycles. The van der Waals surface area contributed by atoms with Gasteiger partial charge >= 0.3 is 0 Å². The number of carbonyl (C=O) groups excluding carboxylic acids is 1. The van der Waals surface area contributed by atoms with E-state index < -0.39 is 0 Å². The first-order chi connectivity index (χ1) is 15.0. The van der Waals surface area contributed by atoms with Crippen LogP contribution in [0.25, 0.3) is 11.4 Å². The molecule has 0 radical (unpaired) electrons. The molecule has 1 N–H and O–H groups in total. The molecule has 0 spiro atoms. The van der Waals surface area contributed by atoms with Gasteiger partial charge in [-0.3, -0.25) is 14.7 Å². The molecular formula is C23H26N6O2. The Morgan fingerprint density at radius 2 is 1.94 bits per heavy atom. The van der Waals surface area contributed by atoms with Crippen LogP contribution in [-0.4, -0.2) is 62.6 Å². The highest BCUT2D eigenvalue weighted by molar-refractivity contribution is 5.94. The molecule has 4 heterocycles. The first-order valence-corrected chi connectivity index (χ1v) is 10.6. The smallest absolute Gasteiger partial charge is 0.255 e. The Morgan fingerprint density at radius 3 is 2.65 bits per heavy atom. The maximum atomic E-state index is 13.2. The van der Waals surface area contributed by atoms with E-state index >= 15 is 0 Å². The highest BCUT2D eigenvalue weighted by Crippen LogP contribution is 2.35. The number of carbonyl (C=O) groups is 1. The van der Waals surface area contributed by atoms with Crippen LogP contribution in [-0.2, 0) is 13.1 Å². The van der Waals surface area contributed by atoms with Crippen molar-refractivity contribution < 1.29 is 4.79 Å². The number of amides is 1. The van der Waals surface area contributed by atoms with Crippen LogP contribution in [0.3, 0.4) is 0 Å². The fraction of sp³-hybridized carbons (Fsp3) is 0.391. The quantitative estimate of drug-likeness (QED) is 0.700. The molecule has 2 bridgehead atoms. The molecule has 1 amide bonds. The van der Waals surface area contributed by atoms with Crippen molar-refractivity contribution in [3.8, 4) is 11.4 Å². The van der Waals surface area contributed by atoms with E-state index in [2.05, 4.69) is 21.2 Å². The van der Waals surface area contributed by atoms with Crippen LogP contribution in [0.2, 0.25) is 0 Å². The SMILES string of the molecule is CN(C)Cc1ccc2n(c1=O)C[C@H]1C[C@@H]2CN(C(=O)c2ccc(-c3ncn[nH]3)cc2)C1. The number of nitrogens with one attached hydrogen (secondary N) is 1. The standard InChI is InChI=1S/C23H26N6O2/c1-27(2)12-18-7-8-20-19-9-15(11-29(20)23(18)31)10-28(13-19)22(30)17-5-3-16(4-6-17)21-24-14-25-26-21/h3-8,14-15,19H,9-13H2,1-2H3,(H,24,25,26)/t15-,19+/m0/s1. The van der Waals surface area contributed by atoms with Gasteiger partial charge in [0.25, 0.3) is 11.5 Å². The molecule has 3 aromatic rings. The van der Waals surface area contributed by atoms with Crippen LogP contribution in [0.15, 0.2) is 47.5 Å². The molecule has 1 aromatic carbocycles. The number of pyridine rings is 1. The summed E-state index contributed by atoms with van der Waals surface area (Å²) >= 11 is 0. The van der Waals surface area contributed by atoms with Crippen LogP contribution < -0.4 is 5.56 Å². The normalized spacial score (nSPS) is 20.0. The van der Waals surface area contributed by atoms with Gasteiger partial charge in [0.2, 0.25) is 0 Å². The van der Waals surface area contributed by atoms with Gasteiger partial charge < -0.3 is 14.4 Å². The Hall–Kier alpha value is -3.26. The molecule has 0 saturated carbocycles. The van der Waals surface area contributed by atoms with Gasteiger partial charge in [-0.05, 0) is 44.6 Å². The minimum Gasteiger partial charge on any atom is -0.338 e. The van der Waals surface area contributed by atoms with E-state index in [4.69, 9.17) is 0 Å². The summed E-state index contributed by atoms with van der Waals surface area (Å²) in [5.74, 6) is 1.23. The highest BCUT2D eigenvalue weighted by Gasteiger charge is 2.36. The molecule has 2 atom stereocenters. The van der Waals surface area contributed by atoms with Gasteiger partial charge in [-0.25, -0.2) is 4.98 Å². The predicted octanol–water partition coefficient (Wildman–Crippen LogP) is 1.95. The monoisotopic (exact) mass is 418 g/mol. The topological polar surface area (TPSA) is 87.1 Å². The van der Waals surface area contributed by atoms with Gasteiger partial charge in [0.15, 0.2) is 5.82 Å². The third kappa shape index (κ3) is 3.67. The van der Waals surface area contributed by atoms with Crippen LogP contribution >= 0.6 is 0 Å². The summed E-state index contributed by atoms with van der Waals surface area (Å²) in [7, 11) is 3.94. The van der Waals surface area contributed by atoms with Crippen LogP contribution in [0.1, 0.15) is 34.0 Å². The number of aromatic amines is 1. The van der Waals surface area contributed by atoms with Gasteiger partial charge in [-0.15, -0.1) is 0 Å². The maximum absolute atomic E-state index is 13.2. The van der Waals surface area contributed by atoms with E-state index in [1.165, 1.54) is 6.33 Å². The lowest BCUT2D eigenvalue weighted by atomic mass is 9.82. The number of nitrogens with zero attached hydrogens (tertiary/aromatic N) is 5. The molecule has 0 unspecified atom stereocenters. The van der Waals surface area contributed by atoms with Crippen molar-refractivity contribution >= 4 is 5.91 Å². The van der Waals surface area contributed by atoms with Gasteiger partial charge in [0.05, 0.1) is 0 Å². The van der Waals surface area contributed by atoms with Gasteiger partial charge in [-0.1, -0.05) is 18.2 Å². The summed E-state index contributed by atoms with van der Waals surface area (Å²) in [5, 5.41) is 6.70. The molecule has 8 nitrogen and oxygen atoms in total. The van der Waals surface area contributed by atoms with Gasteiger partial charge in [-0.2, -0.15) is 5.10 Å². The Kier molecular flexibility index (Phi) is 4.94. The number of H-pyrrole nitrogens is 1. The largest absolute Gasteiger partial charge is 0.338 e. The third-order valence-electron chi connectivity index (χ3n) is 6.28. The highest BCUT2D eigenvalue weighted by atomic mass is 16.2. The van der Waals surface area contributed by atoms with Crippen LogP contribution in [0.5, 0.6) is 0 Å². The Balaban J connectivity index is 1.36. The van der Waals surface area contributed by atoms with E-state index in [-0.39, 0.29) is 17.4 Å². The van der Waals surface area contributed by atoms with Crippen molar-refractivity contribution in [3.05, 3.63) is 69.9 Å². The fourth-order valence-electron chi connectivity index (χ4n) is 4.92. The second-order valence-electron chi connectivity index (χ2n) is 8.86. The summed E-state index contributed by atoms with van der Waals surface area (Å²) in [6.07, 6.45) is 2.49. The zero-order valence-electron chi connectivity index (χ0n) is 17.8. The lowest BCUT2D eigenvalue weighted by Crippen LogP contribution is -2.49. The molecule has 5 rings (SSSR count). The number of likely N-dealkylation sites (tertiary alicyclic amines) is 1. The van der Waals surface area contributed by atoms with E-state index in [1.54, 1.807) is 0 Å². The summed E-state index contributed by atoms with van der Waals surface area (Å²) in [6.45, 7) is 2.65. The van der Waals surface area contributed by atoms with Crippen molar-refractivity contribution in [2.45, 2.75) is 25.4 Å². The number of hydrogen-bond acceptors (Lipinski definition) is 5. The first-order valence-electron chi connectivity index (χ1n) is 10.6. The minimum absolute atomic E-state index is 0.0406. The lowest BCUT2D eigenvalue weighted by Gasteiger charge is -2.43. The number of benzene rings is 1. The second-order valence-corrected chi connectivity index (χ2v) is 8.86. The Bertz CT molecular complexity index is 1150. The van der Waals surface area contributed by atoms with Crippen molar-refractivity contribution in [2.24, 2.45) is 5.92 Å². The zero-order chi connectivity index (χ0) is 21.5. The molecule has 1 fully saturated rings. The average Bonchev–Trinajstić information content (AvgIpc) is 3.30. The fourth-order valence-corrected chi connectivity index (χ4v) is 4.92. The molecule has 2 aromatic heterocycles. The van der Waals surface area contributed by atoms with Crippen LogP contribution in [0.4, 0.5) is 0 Å². The predicted molar refractivity (Wildman–Crippen MR) is 117 cm³/mol. The number of fused-ring (bicyclic) bond motifs is 4. The number of aromatic nitrogens is 4. The number of hydrogen-bond donors (Lipinski definition) is 1. The average molecular weight is 419 g/mol. The summed E-state index contributed by atoms with van der Waals surface area (Å²) in [4.78, 5) is 34.3. The molecule has 0 aliphatic carbocycles. The molecular weight excluding hydrogens is 392 g/mol. The number of rotatable bonds is 4. The van der Waals surface area contributed by atoms with Gasteiger partial charge in [0, 0.05) is 54.5 Å². The molecule has 1 saturated heterocycles.